The van der Waals surface area contributed by atoms with Crippen LogP contribution in [-0.4, -0.2) is 24.6 Å². The zero-order chi connectivity index (χ0) is 17.4. The number of rotatable bonds is 7. The molecule has 2 rings (SSSR count). The van der Waals surface area contributed by atoms with Gasteiger partial charge < -0.3 is 9.47 Å². The Labute approximate surface area is 144 Å². The molecule has 0 saturated carbocycles. The Kier molecular flexibility index (Phi) is 6.34. The average molecular weight is 343 g/mol. The maximum atomic E-state index is 12.1. The summed E-state index contributed by atoms with van der Waals surface area (Å²) >= 11 is 1.28. The SMILES string of the molecule is CCCOc1ccc(/C=C(\C#N)C(=O)Nc2nccs2)cc1OC. The highest BCUT2D eigenvalue weighted by atomic mass is 32.1. The van der Waals surface area contributed by atoms with E-state index in [1.807, 2.05) is 13.0 Å². The number of nitrogens with zero attached hydrogens (tertiary/aromatic N) is 2. The van der Waals surface area contributed by atoms with Crippen LogP contribution in [0.5, 0.6) is 11.5 Å². The summed E-state index contributed by atoms with van der Waals surface area (Å²) in [7, 11) is 1.54. The molecule has 0 fully saturated rings. The Morgan fingerprint density at radius 1 is 1.46 bits per heavy atom. The van der Waals surface area contributed by atoms with Crippen LogP contribution in [0.3, 0.4) is 0 Å². The fraction of sp³-hybridized carbons (Fsp3) is 0.235. The maximum absolute atomic E-state index is 12.1. The standard InChI is InChI=1S/C17H17N3O3S/c1-3-7-23-14-5-4-12(10-15(14)22-2)9-13(11-18)16(21)20-17-19-6-8-24-17/h4-6,8-10H,3,7H2,1-2H3,(H,19,20,21)/b13-9+. The molecule has 0 saturated heterocycles. The van der Waals surface area contributed by atoms with Crippen LogP contribution >= 0.6 is 11.3 Å². The average Bonchev–Trinajstić information content (AvgIpc) is 3.11. The van der Waals surface area contributed by atoms with E-state index in [9.17, 15) is 10.1 Å². The van der Waals surface area contributed by atoms with E-state index in [1.165, 1.54) is 17.4 Å². The quantitative estimate of drug-likeness (QED) is 0.614. The van der Waals surface area contributed by atoms with Gasteiger partial charge in [-0.2, -0.15) is 5.26 Å². The molecule has 1 N–H and O–H groups in total. The van der Waals surface area contributed by atoms with E-state index < -0.39 is 5.91 Å². The lowest BCUT2D eigenvalue weighted by Crippen LogP contribution is -2.13. The Morgan fingerprint density at radius 2 is 2.29 bits per heavy atom. The summed E-state index contributed by atoms with van der Waals surface area (Å²) in [5.74, 6) is 0.676. The highest BCUT2D eigenvalue weighted by Crippen LogP contribution is 2.29. The van der Waals surface area contributed by atoms with Crippen LogP contribution < -0.4 is 14.8 Å². The summed E-state index contributed by atoms with van der Waals surface area (Å²) in [6.07, 6.45) is 3.96. The molecule has 7 heteroatoms. The first-order valence-electron chi connectivity index (χ1n) is 7.31. The summed E-state index contributed by atoms with van der Waals surface area (Å²) in [6, 6.07) is 7.15. The van der Waals surface area contributed by atoms with Gasteiger partial charge in [-0.25, -0.2) is 4.98 Å². The largest absolute Gasteiger partial charge is 0.493 e. The van der Waals surface area contributed by atoms with Gasteiger partial charge in [-0.05, 0) is 30.2 Å². The lowest BCUT2D eigenvalue weighted by molar-refractivity contribution is -0.112. The van der Waals surface area contributed by atoms with Crippen molar-refractivity contribution in [1.82, 2.24) is 4.98 Å². The summed E-state index contributed by atoms with van der Waals surface area (Å²) in [5, 5.41) is 14.0. The van der Waals surface area contributed by atoms with Crippen LogP contribution in [0.15, 0.2) is 35.3 Å². The number of hydrogen-bond acceptors (Lipinski definition) is 6. The van der Waals surface area contributed by atoms with Gasteiger partial charge in [-0.3, -0.25) is 10.1 Å². The smallest absolute Gasteiger partial charge is 0.268 e. The van der Waals surface area contributed by atoms with Gasteiger partial charge in [0.15, 0.2) is 16.6 Å². The first kappa shape index (κ1) is 17.5. The molecule has 0 aliphatic heterocycles. The van der Waals surface area contributed by atoms with Crippen molar-refractivity contribution in [3.05, 3.63) is 40.9 Å². The minimum absolute atomic E-state index is 0.0190. The second-order valence-electron chi connectivity index (χ2n) is 4.72. The Balaban J connectivity index is 2.20. The number of aromatic nitrogens is 1. The number of nitriles is 1. The molecule has 1 heterocycles. The van der Waals surface area contributed by atoms with E-state index in [2.05, 4.69) is 10.3 Å². The van der Waals surface area contributed by atoms with Gasteiger partial charge in [0.05, 0.1) is 13.7 Å². The number of anilines is 1. The molecule has 24 heavy (non-hydrogen) atoms. The molecule has 0 atom stereocenters. The van der Waals surface area contributed by atoms with Gasteiger partial charge in [-0.1, -0.05) is 13.0 Å². The van der Waals surface area contributed by atoms with E-state index in [4.69, 9.17) is 9.47 Å². The van der Waals surface area contributed by atoms with E-state index >= 15 is 0 Å². The maximum Gasteiger partial charge on any atom is 0.268 e. The third kappa shape index (κ3) is 4.57. The molecule has 2 aromatic rings. The van der Waals surface area contributed by atoms with Crippen LogP contribution in [0.4, 0.5) is 5.13 Å². The first-order valence-corrected chi connectivity index (χ1v) is 8.19. The Bertz CT molecular complexity index is 764. The van der Waals surface area contributed by atoms with E-state index in [0.717, 1.165) is 6.42 Å². The number of thiazole rings is 1. The van der Waals surface area contributed by atoms with Gasteiger partial charge in [0.2, 0.25) is 0 Å². The molecule has 0 unspecified atom stereocenters. The predicted octanol–water partition coefficient (Wildman–Crippen LogP) is 3.49. The van der Waals surface area contributed by atoms with Crippen molar-refractivity contribution >= 4 is 28.5 Å². The predicted molar refractivity (Wildman–Crippen MR) is 93.1 cm³/mol. The number of ether oxygens (including phenoxy) is 2. The third-order valence-electron chi connectivity index (χ3n) is 2.98. The molecule has 1 amide bonds. The normalized spacial score (nSPS) is 10.8. The third-order valence-corrected chi connectivity index (χ3v) is 3.67. The second kappa shape index (κ2) is 8.70. The molecular formula is C17H17N3O3S. The molecule has 1 aromatic heterocycles. The van der Waals surface area contributed by atoms with Crippen molar-refractivity contribution < 1.29 is 14.3 Å². The molecule has 0 aliphatic carbocycles. The van der Waals surface area contributed by atoms with Crippen molar-refractivity contribution in [2.75, 3.05) is 19.0 Å². The molecule has 6 nitrogen and oxygen atoms in total. The van der Waals surface area contributed by atoms with Crippen molar-refractivity contribution in [3.63, 3.8) is 0 Å². The fourth-order valence-corrected chi connectivity index (χ4v) is 2.39. The molecule has 0 radical (unpaired) electrons. The molecule has 1 aromatic carbocycles. The highest BCUT2D eigenvalue weighted by Gasteiger charge is 2.12. The van der Waals surface area contributed by atoms with Gasteiger partial charge >= 0.3 is 0 Å². The summed E-state index contributed by atoms with van der Waals surface area (Å²) < 4.78 is 10.9. The Morgan fingerprint density at radius 3 is 2.92 bits per heavy atom. The van der Waals surface area contributed by atoms with Gasteiger partial charge in [0.25, 0.3) is 5.91 Å². The summed E-state index contributed by atoms with van der Waals surface area (Å²) in [6.45, 7) is 2.61. The zero-order valence-corrected chi connectivity index (χ0v) is 14.2. The number of amides is 1. The number of methoxy groups -OCH3 is 1. The Hall–Kier alpha value is -2.85. The molecule has 0 spiro atoms. The second-order valence-corrected chi connectivity index (χ2v) is 5.61. The number of carbonyl (C=O) groups excluding carboxylic acids is 1. The molecular weight excluding hydrogens is 326 g/mol. The van der Waals surface area contributed by atoms with Gasteiger partial charge in [0, 0.05) is 11.6 Å². The monoisotopic (exact) mass is 343 g/mol. The first-order chi connectivity index (χ1) is 11.7. The summed E-state index contributed by atoms with van der Waals surface area (Å²) in [5.41, 5.74) is 0.649. The minimum Gasteiger partial charge on any atom is -0.493 e. The van der Waals surface area contributed by atoms with E-state index in [1.54, 1.807) is 36.9 Å². The zero-order valence-electron chi connectivity index (χ0n) is 13.4. The lowest BCUT2D eigenvalue weighted by Gasteiger charge is -2.10. The number of nitrogens with one attached hydrogen (secondary N) is 1. The van der Waals surface area contributed by atoms with Gasteiger partial charge in [-0.15, -0.1) is 11.3 Å². The van der Waals surface area contributed by atoms with Crippen molar-refractivity contribution in [1.29, 1.82) is 5.26 Å². The molecule has 0 bridgehead atoms. The van der Waals surface area contributed by atoms with E-state index in [-0.39, 0.29) is 5.57 Å². The van der Waals surface area contributed by atoms with Crippen LogP contribution in [-0.2, 0) is 4.79 Å². The topological polar surface area (TPSA) is 84.2 Å². The fourth-order valence-electron chi connectivity index (χ4n) is 1.87. The van der Waals surface area contributed by atoms with Crippen LogP contribution in [0, 0.1) is 11.3 Å². The number of hydrogen-bond donors (Lipinski definition) is 1. The van der Waals surface area contributed by atoms with Crippen molar-refractivity contribution in [2.24, 2.45) is 0 Å². The number of benzene rings is 1. The van der Waals surface area contributed by atoms with Gasteiger partial charge in [0.1, 0.15) is 11.6 Å². The summed E-state index contributed by atoms with van der Waals surface area (Å²) in [4.78, 5) is 16.1. The van der Waals surface area contributed by atoms with Crippen LogP contribution in [0.2, 0.25) is 0 Å². The van der Waals surface area contributed by atoms with Crippen LogP contribution in [0.1, 0.15) is 18.9 Å². The van der Waals surface area contributed by atoms with E-state index in [0.29, 0.717) is 28.8 Å². The minimum atomic E-state index is -0.502. The van der Waals surface area contributed by atoms with Crippen molar-refractivity contribution in [3.8, 4) is 17.6 Å². The number of carbonyl (C=O) groups is 1. The van der Waals surface area contributed by atoms with Crippen LogP contribution in [0.25, 0.3) is 6.08 Å². The highest BCUT2D eigenvalue weighted by molar-refractivity contribution is 7.13. The molecule has 124 valence electrons. The molecule has 0 aliphatic rings. The van der Waals surface area contributed by atoms with Crippen molar-refractivity contribution in [2.45, 2.75) is 13.3 Å². The lowest BCUT2D eigenvalue weighted by atomic mass is 10.1.